The van der Waals surface area contributed by atoms with Gasteiger partial charge in [-0.25, -0.2) is 4.98 Å². The lowest BCUT2D eigenvalue weighted by molar-refractivity contribution is -0.00486. The second-order valence-corrected chi connectivity index (χ2v) is 7.68. The van der Waals surface area contributed by atoms with Crippen LogP contribution in [0.1, 0.15) is 35.4 Å². The summed E-state index contributed by atoms with van der Waals surface area (Å²) < 4.78 is 12.2. The summed E-state index contributed by atoms with van der Waals surface area (Å²) in [5.41, 5.74) is 4.67. The van der Waals surface area contributed by atoms with Crippen LogP contribution in [0, 0.1) is 24.2 Å². The van der Waals surface area contributed by atoms with Crippen LogP contribution in [0.3, 0.4) is 0 Å². The number of H-pyrrole nitrogens is 2. The second-order valence-electron chi connectivity index (χ2n) is 7.68. The smallest absolute Gasteiger partial charge is 0.157 e. The highest BCUT2D eigenvalue weighted by molar-refractivity contribution is 5.90. The topological polar surface area (TPSA) is 86.7 Å². The highest BCUT2D eigenvalue weighted by Gasteiger charge is 2.53. The van der Waals surface area contributed by atoms with Crippen LogP contribution < -0.4 is 4.74 Å². The Hall–Kier alpha value is -3.30. The van der Waals surface area contributed by atoms with Gasteiger partial charge in [-0.1, -0.05) is 0 Å². The van der Waals surface area contributed by atoms with E-state index in [2.05, 4.69) is 35.1 Å². The van der Waals surface area contributed by atoms with E-state index >= 15 is 0 Å². The Labute approximate surface area is 168 Å². The number of aryl methyl sites for hydroxylation is 1. The third-order valence-electron chi connectivity index (χ3n) is 6.03. The van der Waals surface area contributed by atoms with Gasteiger partial charge in [-0.15, -0.1) is 0 Å². The molecule has 29 heavy (non-hydrogen) atoms. The number of nitrogens with one attached hydrogen (secondary N) is 2. The molecule has 1 saturated carbocycles. The summed E-state index contributed by atoms with van der Waals surface area (Å²) in [6.45, 7) is 2.07. The van der Waals surface area contributed by atoms with Gasteiger partial charge < -0.3 is 19.4 Å². The highest BCUT2D eigenvalue weighted by Crippen LogP contribution is 2.55. The Morgan fingerprint density at radius 1 is 1.21 bits per heavy atom. The molecule has 0 bridgehead atoms. The lowest BCUT2D eigenvalue weighted by atomic mass is 9.84. The number of benzene rings is 2. The first kappa shape index (κ1) is 17.8. The number of fused-ring (bicyclic) bond motifs is 2. The summed E-state index contributed by atoms with van der Waals surface area (Å²) in [4.78, 5) is 11.7. The summed E-state index contributed by atoms with van der Waals surface area (Å²) in [5, 5.41) is 10.3. The summed E-state index contributed by atoms with van der Waals surface area (Å²) in [6, 6.07) is 11.8. The molecule has 1 unspecified atom stereocenters. The Balaban J connectivity index is 1.84. The fraction of sp³-hybridized carbons (Fsp3) is 0.304. The van der Waals surface area contributed by atoms with Crippen molar-refractivity contribution in [3.05, 3.63) is 59.0 Å². The first-order valence-corrected chi connectivity index (χ1v) is 9.73. The minimum Gasteiger partial charge on any atom is -0.496 e. The zero-order valence-corrected chi connectivity index (χ0v) is 16.7. The molecule has 0 radical (unpaired) electrons. The predicted octanol–water partition coefficient (Wildman–Crippen LogP) is 4.53. The molecule has 0 aliphatic heterocycles. The molecule has 1 aliphatic rings. The van der Waals surface area contributed by atoms with Crippen molar-refractivity contribution in [2.24, 2.45) is 5.92 Å². The predicted molar refractivity (Wildman–Crippen MR) is 111 cm³/mol. The minimum absolute atomic E-state index is 0.290. The number of aromatic nitrogens is 3. The molecule has 2 N–H and O–H groups in total. The molecule has 4 aromatic rings. The van der Waals surface area contributed by atoms with Crippen LogP contribution in [0.15, 0.2) is 36.5 Å². The van der Waals surface area contributed by atoms with Crippen molar-refractivity contribution in [3.63, 3.8) is 0 Å². The molecule has 6 heteroatoms. The molecule has 1 aliphatic carbocycles. The number of hydrogen-bond acceptors (Lipinski definition) is 4. The van der Waals surface area contributed by atoms with Crippen LogP contribution in [0.4, 0.5) is 0 Å². The fourth-order valence-electron chi connectivity index (χ4n) is 4.54. The van der Waals surface area contributed by atoms with Gasteiger partial charge in [0.15, 0.2) is 5.60 Å². The molecule has 2 heterocycles. The average Bonchev–Trinajstić information content (AvgIpc) is 3.31. The van der Waals surface area contributed by atoms with E-state index in [-0.39, 0.29) is 0 Å². The van der Waals surface area contributed by atoms with Crippen molar-refractivity contribution in [2.75, 3.05) is 14.2 Å². The van der Waals surface area contributed by atoms with Crippen molar-refractivity contribution < 1.29 is 9.47 Å². The van der Waals surface area contributed by atoms with Gasteiger partial charge >= 0.3 is 0 Å². The van der Waals surface area contributed by atoms with E-state index < -0.39 is 5.60 Å². The second kappa shape index (κ2) is 6.36. The first-order valence-electron chi connectivity index (χ1n) is 9.73. The molecule has 6 nitrogen and oxygen atoms in total. The number of rotatable bonds is 5. The maximum absolute atomic E-state index is 9.24. The monoisotopic (exact) mass is 386 g/mol. The van der Waals surface area contributed by atoms with E-state index in [0.717, 1.165) is 57.5 Å². The molecule has 146 valence electrons. The number of nitriles is 1. The summed E-state index contributed by atoms with van der Waals surface area (Å²) in [5.74, 6) is 1.83. The van der Waals surface area contributed by atoms with Crippen molar-refractivity contribution in [3.8, 4) is 11.8 Å². The molecule has 0 saturated heterocycles. The fourth-order valence-corrected chi connectivity index (χ4v) is 4.54. The van der Waals surface area contributed by atoms with Crippen molar-refractivity contribution in [1.29, 1.82) is 5.26 Å². The van der Waals surface area contributed by atoms with Gasteiger partial charge in [0.1, 0.15) is 11.6 Å². The quantitative estimate of drug-likeness (QED) is 0.527. The van der Waals surface area contributed by atoms with E-state index in [4.69, 9.17) is 14.5 Å². The number of nitrogens with zero attached hydrogens (tertiary/aromatic N) is 2. The van der Waals surface area contributed by atoms with E-state index in [1.54, 1.807) is 26.4 Å². The van der Waals surface area contributed by atoms with Crippen LogP contribution in [0.2, 0.25) is 0 Å². The number of aromatic amines is 2. The largest absolute Gasteiger partial charge is 0.496 e. The zero-order valence-electron chi connectivity index (χ0n) is 16.7. The normalized spacial score (nSPS) is 16.1. The van der Waals surface area contributed by atoms with Crippen molar-refractivity contribution >= 4 is 21.9 Å². The summed E-state index contributed by atoms with van der Waals surface area (Å²) in [6.07, 6.45) is 4.06. The number of methoxy groups -OCH3 is 2. The molecule has 1 atom stereocenters. The van der Waals surface area contributed by atoms with Crippen LogP contribution in [-0.4, -0.2) is 29.2 Å². The van der Waals surface area contributed by atoms with Gasteiger partial charge in [0.2, 0.25) is 0 Å². The maximum Gasteiger partial charge on any atom is 0.157 e. The highest BCUT2D eigenvalue weighted by atomic mass is 16.5. The minimum atomic E-state index is -0.759. The van der Waals surface area contributed by atoms with Gasteiger partial charge in [-0.3, -0.25) is 0 Å². The van der Waals surface area contributed by atoms with E-state index in [1.165, 1.54) is 0 Å². The maximum atomic E-state index is 9.24. The Morgan fingerprint density at radius 2 is 2.03 bits per heavy atom. The number of hydrogen-bond donors (Lipinski definition) is 2. The third kappa shape index (κ3) is 2.48. The molecule has 2 aromatic heterocycles. The Morgan fingerprint density at radius 3 is 2.72 bits per heavy atom. The van der Waals surface area contributed by atoms with Crippen LogP contribution in [0.5, 0.6) is 5.75 Å². The van der Waals surface area contributed by atoms with Crippen LogP contribution >= 0.6 is 0 Å². The van der Waals surface area contributed by atoms with Gasteiger partial charge in [0.05, 0.1) is 29.8 Å². The molecule has 0 spiro atoms. The molecular formula is C23H22N4O2. The zero-order chi connectivity index (χ0) is 20.2. The first-order chi connectivity index (χ1) is 14.1. The molecular weight excluding hydrogens is 364 g/mol. The molecule has 5 rings (SSSR count). The summed E-state index contributed by atoms with van der Waals surface area (Å²) in [7, 11) is 3.44. The van der Waals surface area contributed by atoms with Crippen molar-refractivity contribution in [1.82, 2.24) is 15.0 Å². The van der Waals surface area contributed by atoms with Gasteiger partial charge in [0, 0.05) is 29.8 Å². The Kier molecular flexibility index (Phi) is 3.90. The van der Waals surface area contributed by atoms with E-state index in [0.29, 0.717) is 11.5 Å². The average molecular weight is 386 g/mol. The third-order valence-corrected chi connectivity index (χ3v) is 6.03. The van der Waals surface area contributed by atoms with Crippen molar-refractivity contribution in [2.45, 2.75) is 25.4 Å². The van der Waals surface area contributed by atoms with E-state index in [9.17, 15) is 5.26 Å². The molecule has 0 amide bonds. The molecule has 1 fully saturated rings. The standard InChI is InChI=1S/C23H22N4O2/c1-13-10-19(28-2)20(16-8-9-25-21(13)16)23(29-3,15-5-6-15)22-26-17-7-4-14(12-24)11-18(17)27-22/h4,7-11,15,25H,5-6H2,1-3H3,(H,26,27). The number of imidazole rings is 1. The van der Waals surface area contributed by atoms with Gasteiger partial charge in [0.25, 0.3) is 0 Å². The number of ether oxygens (including phenoxy) is 2. The lowest BCUT2D eigenvalue weighted by Gasteiger charge is -2.33. The molecule has 2 aromatic carbocycles. The van der Waals surface area contributed by atoms with Gasteiger partial charge in [-0.05, 0) is 61.6 Å². The Bertz CT molecular complexity index is 1280. The van der Waals surface area contributed by atoms with Crippen LogP contribution in [-0.2, 0) is 10.3 Å². The van der Waals surface area contributed by atoms with Crippen LogP contribution in [0.25, 0.3) is 21.9 Å². The lowest BCUT2D eigenvalue weighted by Crippen LogP contribution is -2.34. The van der Waals surface area contributed by atoms with Gasteiger partial charge in [-0.2, -0.15) is 5.26 Å². The SMILES string of the molecule is COc1cc(C)c2[nH]ccc2c1C(OC)(c1nc2cc(C#N)ccc2[nH]1)C1CC1. The van der Waals surface area contributed by atoms with E-state index in [1.807, 2.05) is 12.3 Å². The summed E-state index contributed by atoms with van der Waals surface area (Å²) >= 11 is 0.